The van der Waals surface area contributed by atoms with Crippen molar-refractivity contribution in [3.63, 3.8) is 0 Å². The summed E-state index contributed by atoms with van der Waals surface area (Å²) < 4.78 is 1.09. The molecule has 0 aliphatic carbocycles. The van der Waals surface area contributed by atoms with Crippen LogP contribution in [0.3, 0.4) is 0 Å². The summed E-state index contributed by atoms with van der Waals surface area (Å²) in [6.45, 7) is 6.24. The molecule has 0 atom stereocenters. The summed E-state index contributed by atoms with van der Waals surface area (Å²) in [7, 11) is 0. The third-order valence-electron chi connectivity index (χ3n) is 1.47. The minimum absolute atomic E-state index is 0.799. The van der Waals surface area contributed by atoms with Gasteiger partial charge >= 0.3 is 0 Å². The number of thiazole rings is 1. The molecule has 2 aromatic rings. The van der Waals surface area contributed by atoms with E-state index in [2.05, 4.69) is 18.8 Å². The highest BCUT2D eigenvalue weighted by atomic mass is 35.5. The fourth-order valence-electron chi connectivity index (χ4n) is 1.03. The topological polar surface area (TPSA) is 12.9 Å². The van der Waals surface area contributed by atoms with Gasteiger partial charge in [-0.25, -0.2) is 4.98 Å². The lowest BCUT2D eigenvalue weighted by atomic mass is 10.3. The monoisotopic (exact) mass is 227 g/mol. The molecule has 0 bridgehead atoms. The summed E-state index contributed by atoms with van der Waals surface area (Å²) in [5, 5.41) is 1.86. The lowest BCUT2D eigenvalue weighted by molar-refractivity contribution is 1.09. The zero-order valence-electron chi connectivity index (χ0n) is 8.67. The molecule has 14 heavy (non-hydrogen) atoms. The molecule has 0 amide bonds. The van der Waals surface area contributed by atoms with Gasteiger partial charge in [0.2, 0.25) is 0 Å². The number of aryl methyl sites for hydroxylation is 1. The van der Waals surface area contributed by atoms with E-state index in [4.69, 9.17) is 11.6 Å². The van der Waals surface area contributed by atoms with Gasteiger partial charge in [-0.15, -0.1) is 11.3 Å². The molecular weight excluding hydrogens is 214 g/mol. The number of halogens is 1. The largest absolute Gasteiger partial charge is 0.241 e. The summed E-state index contributed by atoms with van der Waals surface area (Å²) in [5.41, 5.74) is 1.00. The van der Waals surface area contributed by atoms with E-state index in [1.54, 1.807) is 11.3 Å². The molecule has 0 aliphatic heterocycles. The zero-order chi connectivity index (χ0) is 10.6. The molecule has 0 spiro atoms. The number of nitrogens with zero attached hydrogens (tertiary/aromatic N) is 1. The third-order valence-corrected chi connectivity index (χ3v) is 2.92. The second kappa shape index (κ2) is 5.32. The second-order valence-corrected chi connectivity index (χ2v) is 4.64. The van der Waals surface area contributed by atoms with Crippen LogP contribution in [0.2, 0.25) is 5.02 Å². The van der Waals surface area contributed by atoms with Crippen LogP contribution in [0.1, 0.15) is 25.3 Å². The molecule has 0 N–H and O–H groups in total. The maximum atomic E-state index is 5.94. The van der Waals surface area contributed by atoms with Crippen molar-refractivity contribution in [2.45, 2.75) is 27.2 Å². The van der Waals surface area contributed by atoms with Crippen LogP contribution in [0.5, 0.6) is 0 Å². The highest BCUT2D eigenvalue weighted by molar-refractivity contribution is 7.19. The molecule has 1 nitrogen and oxygen atoms in total. The van der Waals surface area contributed by atoms with Crippen molar-refractivity contribution in [2.75, 3.05) is 0 Å². The highest BCUT2D eigenvalue weighted by Crippen LogP contribution is 2.28. The maximum absolute atomic E-state index is 5.94. The maximum Gasteiger partial charge on any atom is 0.0908 e. The van der Waals surface area contributed by atoms with Gasteiger partial charge in [0, 0.05) is 0 Å². The molecule has 0 fully saturated rings. The molecule has 76 valence electrons. The first-order valence-corrected chi connectivity index (χ1v) is 5.90. The van der Waals surface area contributed by atoms with Crippen LogP contribution in [0, 0.1) is 6.92 Å². The number of benzene rings is 1. The fourth-order valence-corrected chi connectivity index (χ4v) is 2.14. The lowest BCUT2D eigenvalue weighted by Crippen LogP contribution is -1.67. The van der Waals surface area contributed by atoms with Crippen LogP contribution in [-0.2, 0) is 0 Å². The first-order valence-electron chi connectivity index (χ1n) is 4.70. The van der Waals surface area contributed by atoms with Gasteiger partial charge in [0.15, 0.2) is 0 Å². The van der Waals surface area contributed by atoms with Crippen LogP contribution in [0.4, 0.5) is 0 Å². The van der Waals surface area contributed by atoms with Crippen molar-refractivity contribution in [3.8, 4) is 0 Å². The van der Waals surface area contributed by atoms with Gasteiger partial charge in [-0.3, -0.25) is 0 Å². The Kier molecular flexibility index (Phi) is 4.36. The first kappa shape index (κ1) is 11.5. The van der Waals surface area contributed by atoms with E-state index in [-0.39, 0.29) is 0 Å². The Morgan fingerprint density at radius 2 is 2.00 bits per heavy atom. The third kappa shape index (κ3) is 2.69. The van der Waals surface area contributed by atoms with Crippen molar-refractivity contribution < 1.29 is 0 Å². The molecular formula is C11H14ClNS. The molecule has 0 saturated carbocycles. The van der Waals surface area contributed by atoms with Crippen molar-refractivity contribution in [2.24, 2.45) is 0 Å². The number of hydrogen-bond acceptors (Lipinski definition) is 2. The predicted octanol–water partition coefficient (Wildman–Crippen LogP) is 4.67. The van der Waals surface area contributed by atoms with E-state index in [0.717, 1.165) is 20.2 Å². The molecule has 1 heterocycles. The van der Waals surface area contributed by atoms with E-state index in [9.17, 15) is 0 Å². The van der Waals surface area contributed by atoms with E-state index in [0.29, 0.717) is 0 Å². The van der Waals surface area contributed by atoms with E-state index < -0.39 is 0 Å². The minimum atomic E-state index is 0.799. The van der Waals surface area contributed by atoms with Crippen LogP contribution in [0.25, 0.3) is 10.2 Å². The molecule has 1 aromatic carbocycles. The minimum Gasteiger partial charge on any atom is -0.241 e. The Morgan fingerprint density at radius 1 is 1.36 bits per heavy atom. The van der Waals surface area contributed by atoms with Crippen molar-refractivity contribution in [1.82, 2.24) is 4.98 Å². The van der Waals surface area contributed by atoms with Crippen molar-refractivity contribution in [3.05, 3.63) is 28.2 Å². The highest BCUT2D eigenvalue weighted by Gasteiger charge is 2.01. The zero-order valence-corrected chi connectivity index (χ0v) is 10.2. The van der Waals surface area contributed by atoms with Crippen LogP contribution in [0.15, 0.2) is 18.2 Å². The summed E-state index contributed by atoms with van der Waals surface area (Å²) in [4.78, 5) is 4.31. The van der Waals surface area contributed by atoms with Crippen LogP contribution in [-0.4, -0.2) is 4.98 Å². The Hall–Kier alpha value is -0.600. The second-order valence-electron chi connectivity index (χ2n) is 3.03. The fraction of sp³-hybridized carbons (Fsp3) is 0.364. The standard InChI is InChI=1S/C8H6ClNS.C3H8/c1-5-10-7-4-2-3-6(9)8(7)11-5;1-3-2/h2-4H,1H3;3H2,1-2H3. The predicted molar refractivity (Wildman–Crippen MR) is 65.3 cm³/mol. The number of fused-ring (bicyclic) bond motifs is 1. The van der Waals surface area contributed by atoms with Gasteiger partial charge in [0.25, 0.3) is 0 Å². The Labute approximate surface area is 93.7 Å². The Morgan fingerprint density at radius 3 is 2.57 bits per heavy atom. The first-order chi connectivity index (χ1) is 6.69. The molecule has 3 heteroatoms. The number of hydrogen-bond donors (Lipinski definition) is 0. The van der Waals surface area contributed by atoms with Gasteiger partial charge in [-0.2, -0.15) is 0 Å². The summed E-state index contributed by atoms with van der Waals surface area (Å²) >= 11 is 7.58. The molecule has 0 saturated heterocycles. The molecule has 2 rings (SSSR count). The number of rotatable bonds is 0. The van der Waals surface area contributed by atoms with Crippen molar-refractivity contribution in [1.29, 1.82) is 0 Å². The Balaban J connectivity index is 0.000000293. The van der Waals surface area contributed by atoms with Crippen molar-refractivity contribution >= 4 is 33.2 Å². The lowest BCUT2D eigenvalue weighted by Gasteiger charge is -1.87. The van der Waals surface area contributed by atoms with Crippen LogP contribution < -0.4 is 0 Å². The normalized spacial score (nSPS) is 9.71. The molecule has 1 aromatic heterocycles. The summed E-state index contributed by atoms with van der Waals surface area (Å²) in [5.74, 6) is 0. The van der Waals surface area contributed by atoms with Gasteiger partial charge in [0.1, 0.15) is 0 Å². The van der Waals surface area contributed by atoms with Crippen LogP contribution >= 0.6 is 22.9 Å². The molecule has 0 unspecified atom stereocenters. The van der Waals surface area contributed by atoms with Gasteiger partial charge in [-0.1, -0.05) is 37.9 Å². The van der Waals surface area contributed by atoms with E-state index in [1.165, 1.54) is 6.42 Å². The molecule has 0 aliphatic rings. The van der Waals surface area contributed by atoms with E-state index >= 15 is 0 Å². The quantitative estimate of drug-likeness (QED) is 0.637. The average Bonchev–Trinajstić information content (AvgIpc) is 2.48. The summed E-state index contributed by atoms with van der Waals surface area (Å²) in [6, 6.07) is 5.79. The average molecular weight is 228 g/mol. The molecule has 0 radical (unpaired) electrons. The Bertz CT molecular complexity index is 409. The smallest absolute Gasteiger partial charge is 0.0908 e. The van der Waals surface area contributed by atoms with Gasteiger partial charge in [0.05, 0.1) is 20.2 Å². The van der Waals surface area contributed by atoms with Gasteiger partial charge in [-0.05, 0) is 19.1 Å². The number of aromatic nitrogens is 1. The summed E-state index contributed by atoms with van der Waals surface area (Å²) in [6.07, 6.45) is 1.25. The van der Waals surface area contributed by atoms with Gasteiger partial charge < -0.3 is 0 Å². The SMILES string of the molecule is CCC.Cc1nc2cccc(Cl)c2s1. The van der Waals surface area contributed by atoms with E-state index in [1.807, 2.05) is 25.1 Å².